The third kappa shape index (κ3) is 9.18. The fourth-order valence-electron chi connectivity index (χ4n) is 3.08. The molecule has 0 aromatic heterocycles. The summed E-state index contributed by atoms with van der Waals surface area (Å²) >= 11 is 0. The molecule has 0 radical (unpaired) electrons. The second-order valence-corrected chi connectivity index (χ2v) is 8.73. The lowest BCUT2D eigenvalue weighted by Gasteiger charge is -2.26. The number of amides is 4. The van der Waals surface area contributed by atoms with Gasteiger partial charge < -0.3 is 31.5 Å². The third-order valence-electron chi connectivity index (χ3n) is 4.90. The van der Waals surface area contributed by atoms with E-state index in [1.807, 2.05) is 13.8 Å². The summed E-state index contributed by atoms with van der Waals surface area (Å²) in [6, 6.07) is 1.80. The van der Waals surface area contributed by atoms with Crippen LogP contribution in [0.4, 0.5) is 10.5 Å². The van der Waals surface area contributed by atoms with Crippen LogP contribution in [0.5, 0.6) is 0 Å². The van der Waals surface area contributed by atoms with Crippen molar-refractivity contribution in [2.45, 2.75) is 59.2 Å². The Balaban J connectivity index is 2.87. The molecule has 11 heteroatoms. The molecule has 4 amide bonds. The van der Waals surface area contributed by atoms with Gasteiger partial charge in [-0.2, -0.15) is 0 Å². The fraction of sp³-hybridized carbons (Fsp3) is 0.522. The minimum absolute atomic E-state index is 0.0178. The van der Waals surface area contributed by atoms with Gasteiger partial charge in [-0.25, -0.2) is 9.59 Å². The summed E-state index contributed by atoms with van der Waals surface area (Å²) in [7, 11) is 0. The van der Waals surface area contributed by atoms with Crippen molar-refractivity contribution in [2.75, 3.05) is 11.9 Å². The van der Waals surface area contributed by atoms with Crippen LogP contribution in [0.2, 0.25) is 0 Å². The van der Waals surface area contributed by atoms with Gasteiger partial charge in [-0.3, -0.25) is 14.4 Å². The maximum absolute atomic E-state index is 12.7. The first-order valence-electron chi connectivity index (χ1n) is 11.0. The molecular formula is C23H34N4O7. The van der Waals surface area contributed by atoms with Crippen molar-refractivity contribution < 1.29 is 34.2 Å². The molecule has 188 valence electrons. The van der Waals surface area contributed by atoms with Crippen LogP contribution in [0.1, 0.15) is 51.4 Å². The largest absolute Gasteiger partial charge is 0.480 e. The second-order valence-electron chi connectivity index (χ2n) is 8.73. The van der Waals surface area contributed by atoms with E-state index in [0.717, 1.165) is 0 Å². The highest BCUT2D eigenvalue weighted by Gasteiger charge is 2.31. The Hall–Kier alpha value is -3.47. The van der Waals surface area contributed by atoms with Crippen LogP contribution < -0.4 is 21.3 Å². The SMILES string of the molecule is CC(=O)c1cccc(NC(=O)N[C@@H](CO)C(=O)N[C@@H](CC(C)C)C(=O)N[C@H](C(=O)O)C(C)C)c1. The molecule has 3 atom stereocenters. The van der Waals surface area contributed by atoms with E-state index in [-0.39, 0.29) is 24.0 Å². The van der Waals surface area contributed by atoms with Crippen LogP contribution in [-0.4, -0.2) is 64.5 Å². The molecule has 34 heavy (non-hydrogen) atoms. The Morgan fingerprint density at radius 1 is 0.912 bits per heavy atom. The highest BCUT2D eigenvalue weighted by Crippen LogP contribution is 2.11. The van der Waals surface area contributed by atoms with Crippen LogP contribution in [0.3, 0.4) is 0 Å². The van der Waals surface area contributed by atoms with Crippen LogP contribution in [0.25, 0.3) is 0 Å². The number of carbonyl (C=O) groups is 5. The molecule has 1 aromatic rings. The number of carboxylic acids is 1. The van der Waals surface area contributed by atoms with Crippen molar-refractivity contribution in [3.63, 3.8) is 0 Å². The van der Waals surface area contributed by atoms with E-state index < -0.39 is 48.5 Å². The molecule has 0 heterocycles. The summed E-state index contributed by atoms with van der Waals surface area (Å²) < 4.78 is 0. The van der Waals surface area contributed by atoms with E-state index in [2.05, 4.69) is 21.3 Å². The minimum atomic E-state index is -1.38. The van der Waals surface area contributed by atoms with Crippen LogP contribution in [0.15, 0.2) is 24.3 Å². The first-order chi connectivity index (χ1) is 15.8. The zero-order chi connectivity index (χ0) is 26.0. The summed E-state index contributed by atoms with van der Waals surface area (Å²) in [6.45, 7) is 7.58. The average molecular weight is 479 g/mol. The first-order valence-corrected chi connectivity index (χ1v) is 11.0. The number of nitrogens with one attached hydrogen (secondary N) is 4. The van der Waals surface area contributed by atoms with E-state index in [1.165, 1.54) is 13.0 Å². The monoisotopic (exact) mass is 478 g/mol. The van der Waals surface area contributed by atoms with Crippen molar-refractivity contribution in [3.8, 4) is 0 Å². The molecule has 1 aromatic carbocycles. The molecule has 0 spiro atoms. The predicted molar refractivity (Wildman–Crippen MR) is 125 cm³/mol. The van der Waals surface area contributed by atoms with Gasteiger partial charge in [0.2, 0.25) is 11.8 Å². The van der Waals surface area contributed by atoms with Gasteiger partial charge in [0.1, 0.15) is 18.1 Å². The van der Waals surface area contributed by atoms with Gasteiger partial charge in [-0.15, -0.1) is 0 Å². The lowest BCUT2D eigenvalue weighted by atomic mass is 10.00. The van der Waals surface area contributed by atoms with E-state index in [9.17, 15) is 34.2 Å². The maximum Gasteiger partial charge on any atom is 0.326 e. The van der Waals surface area contributed by atoms with E-state index in [0.29, 0.717) is 11.3 Å². The summed E-state index contributed by atoms with van der Waals surface area (Å²) in [4.78, 5) is 60.6. The number of carbonyl (C=O) groups excluding carboxylic acids is 4. The van der Waals surface area contributed by atoms with Crippen molar-refractivity contribution in [3.05, 3.63) is 29.8 Å². The lowest BCUT2D eigenvalue weighted by Crippen LogP contribution is -2.57. The summed E-state index contributed by atoms with van der Waals surface area (Å²) in [6.07, 6.45) is 0.212. The molecule has 1 rings (SSSR count). The van der Waals surface area contributed by atoms with Crippen molar-refractivity contribution in [1.82, 2.24) is 16.0 Å². The number of ketones is 1. The smallest absolute Gasteiger partial charge is 0.326 e. The standard InChI is InChI=1S/C23H34N4O7/c1-12(2)9-17(20(30)27-19(13(3)4)22(32)33)25-21(31)18(11-28)26-23(34)24-16-8-6-7-15(10-16)14(5)29/h6-8,10,12-13,17-19,28H,9,11H2,1-5H3,(H,25,31)(H,27,30)(H,32,33)(H2,24,26,34)/t17-,18-,19-/m0/s1. The third-order valence-corrected chi connectivity index (χ3v) is 4.90. The van der Waals surface area contributed by atoms with Crippen molar-refractivity contribution in [1.29, 1.82) is 0 Å². The molecule has 11 nitrogen and oxygen atoms in total. The molecule has 0 bridgehead atoms. The molecule has 0 fully saturated rings. The number of aliphatic hydroxyl groups is 1. The average Bonchev–Trinajstić information content (AvgIpc) is 2.74. The predicted octanol–water partition coefficient (Wildman–Crippen LogP) is 1.13. The molecular weight excluding hydrogens is 444 g/mol. The molecule has 0 saturated carbocycles. The lowest BCUT2D eigenvalue weighted by molar-refractivity contribution is -0.143. The first kappa shape index (κ1) is 28.6. The Morgan fingerprint density at radius 2 is 1.53 bits per heavy atom. The number of carboxylic acid groups (broad SMARTS) is 1. The van der Waals surface area contributed by atoms with Gasteiger partial charge in [-0.05, 0) is 37.3 Å². The van der Waals surface area contributed by atoms with Gasteiger partial charge in [0.25, 0.3) is 0 Å². The molecule has 0 unspecified atom stereocenters. The topological polar surface area (TPSA) is 174 Å². The number of benzene rings is 1. The number of anilines is 1. The summed E-state index contributed by atoms with van der Waals surface area (Å²) in [5, 5.41) is 28.7. The Morgan fingerprint density at radius 3 is 2.03 bits per heavy atom. The highest BCUT2D eigenvalue weighted by molar-refractivity contribution is 5.98. The van der Waals surface area contributed by atoms with Gasteiger partial charge in [-0.1, -0.05) is 39.8 Å². The highest BCUT2D eigenvalue weighted by atomic mass is 16.4. The Kier molecular flexibility index (Phi) is 11.2. The quantitative estimate of drug-likeness (QED) is 0.244. The fourth-order valence-corrected chi connectivity index (χ4v) is 3.08. The van der Waals surface area contributed by atoms with Gasteiger partial charge in [0.05, 0.1) is 6.61 Å². The number of aliphatic hydroxyl groups excluding tert-OH is 1. The number of aliphatic carboxylic acids is 1. The van der Waals surface area contributed by atoms with E-state index in [4.69, 9.17) is 0 Å². The van der Waals surface area contributed by atoms with Crippen molar-refractivity contribution in [2.24, 2.45) is 11.8 Å². The number of rotatable bonds is 12. The number of hydrogen-bond acceptors (Lipinski definition) is 6. The zero-order valence-corrected chi connectivity index (χ0v) is 20.0. The van der Waals surface area contributed by atoms with Crippen LogP contribution in [-0.2, 0) is 14.4 Å². The van der Waals surface area contributed by atoms with E-state index in [1.54, 1.807) is 32.0 Å². The molecule has 0 saturated heterocycles. The normalized spacial score (nSPS) is 13.5. The summed E-state index contributed by atoms with van der Waals surface area (Å²) in [5.74, 6) is -3.27. The molecule has 0 aliphatic heterocycles. The Labute approximate surface area is 198 Å². The number of hydrogen-bond donors (Lipinski definition) is 6. The van der Waals surface area contributed by atoms with Gasteiger partial charge in [0.15, 0.2) is 5.78 Å². The zero-order valence-electron chi connectivity index (χ0n) is 20.0. The molecule has 0 aliphatic carbocycles. The second kappa shape index (κ2) is 13.3. The number of urea groups is 1. The van der Waals surface area contributed by atoms with E-state index >= 15 is 0 Å². The van der Waals surface area contributed by atoms with Crippen LogP contribution in [0, 0.1) is 11.8 Å². The van der Waals surface area contributed by atoms with Crippen molar-refractivity contribution >= 4 is 35.3 Å². The van der Waals surface area contributed by atoms with Gasteiger partial charge >= 0.3 is 12.0 Å². The molecule has 0 aliphatic rings. The number of Topliss-reactive ketones (excluding diaryl/α,β-unsaturated/α-hetero) is 1. The minimum Gasteiger partial charge on any atom is -0.480 e. The maximum atomic E-state index is 12.7. The summed E-state index contributed by atoms with van der Waals surface area (Å²) in [5.41, 5.74) is 0.700. The van der Waals surface area contributed by atoms with Gasteiger partial charge in [0, 0.05) is 11.3 Å². The molecule has 6 N–H and O–H groups in total. The Bertz CT molecular complexity index is 901. The van der Waals surface area contributed by atoms with Crippen LogP contribution >= 0.6 is 0 Å².